The fourth-order valence-electron chi connectivity index (χ4n) is 2.29. The van der Waals surface area contributed by atoms with Gasteiger partial charge in [0.2, 0.25) is 5.91 Å². The molecule has 1 aromatic rings. The molecule has 1 aliphatic rings. The van der Waals surface area contributed by atoms with Crippen LogP contribution in [0.4, 0.5) is 0 Å². The molecular weight excluding hydrogens is 321 g/mol. The predicted molar refractivity (Wildman–Crippen MR) is 80.5 cm³/mol. The van der Waals surface area contributed by atoms with Crippen molar-refractivity contribution in [3.63, 3.8) is 0 Å². The van der Waals surface area contributed by atoms with Gasteiger partial charge in [0.1, 0.15) is 4.34 Å². The van der Waals surface area contributed by atoms with Gasteiger partial charge in [-0.15, -0.1) is 11.3 Å². The van der Waals surface area contributed by atoms with Crippen molar-refractivity contribution in [2.24, 2.45) is 5.73 Å². The summed E-state index contributed by atoms with van der Waals surface area (Å²) in [6, 6.07) is 1.53. The number of rotatable bonds is 4. The highest BCUT2D eigenvalue weighted by atomic mass is 35.5. The molecule has 0 radical (unpaired) electrons. The van der Waals surface area contributed by atoms with E-state index >= 15 is 0 Å². The van der Waals surface area contributed by atoms with Gasteiger partial charge in [0.15, 0.2) is 0 Å². The molecule has 5 nitrogen and oxygen atoms in total. The molecule has 0 aliphatic carbocycles. The molecule has 0 bridgehead atoms. The molecule has 1 fully saturated rings. The molecule has 1 aromatic heterocycles. The summed E-state index contributed by atoms with van der Waals surface area (Å²) in [5.41, 5.74) is 5.59. The molecule has 3 N–H and O–H groups in total. The predicted octanol–water partition coefficient (Wildman–Crippen LogP) is 1.73. The molecule has 0 aromatic carbocycles. The molecular formula is C12H15Cl2N3O2S. The Morgan fingerprint density at radius 1 is 1.40 bits per heavy atom. The lowest BCUT2D eigenvalue weighted by Gasteiger charge is -2.33. The summed E-state index contributed by atoms with van der Waals surface area (Å²) in [6.45, 7) is 1.52. The maximum absolute atomic E-state index is 12.6. The molecule has 0 unspecified atom stereocenters. The van der Waals surface area contributed by atoms with E-state index < -0.39 is 5.91 Å². The van der Waals surface area contributed by atoms with Crippen LogP contribution in [0.3, 0.4) is 0 Å². The summed E-state index contributed by atoms with van der Waals surface area (Å²) >= 11 is 13.0. The minimum Gasteiger partial charge on any atom is -0.368 e. The van der Waals surface area contributed by atoms with Crippen LogP contribution in [0.2, 0.25) is 8.67 Å². The van der Waals surface area contributed by atoms with E-state index in [0.29, 0.717) is 14.2 Å². The number of carbonyl (C=O) groups is 2. The number of piperidine rings is 1. The summed E-state index contributed by atoms with van der Waals surface area (Å²) in [7, 11) is 0. The van der Waals surface area contributed by atoms with Crippen LogP contribution in [0.15, 0.2) is 6.07 Å². The summed E-state index contributed by atoms with van der Waals surface area (Å²) in [5, 5.41) is 3.22. The van der Waals surface area contributed by atoms with E-state index in [0.717, 1.165) is 37.3 Å². The smallest absolute Gasteiger partial charge is 0.257 e. The van der Waals surface area contributed by atoms with Crippen LogP contribution in [0.5, 0.6) is 0 Å². The van der Waals surface area contributed by atoms with Gasteiger partial charge >= 0.3 is 0 Å². The fraction of sp³-hybridized carbons (Fsp3) is 0.500. The van der Waals surface area contributed by atoms with Gasteiger partial charge in [-0.3, -0.25) is 9.59 Å². The number of amides is 2. The number of hydrogen-bond acceptors (Lipinski definition) is 4. The van der Waals surface area contributed by atoms with Crippen LogP contribution in [0.1, 0.15) is 23.2 Å². The third-order valence-corrected chi connectivity index (χ3v) is 4.71. The first-order chi connectivity index (χ1) is 9.49. The van der Waals surface area contributed by atoms with Gasteiger partial charge in [0, 0.05) is 6.04 Å². The van der Waals surface area contributed by atoms with Crippen molar-refractivity contribution in [3.8, 4) is 0 Å². The molecule has 0 spiro atoms. The minimum atomic E-state index is -0.533. The Kier molecular flexibility index (Phi) is 5.26. The normalized spacial score (nSPS) is 16.1. The van der Waals surface area contributed by atoms with E-state index in [4.69, 9.17) is 28.9 Å². The van der Waals surface area contributed by atoms with E-state index in [-0.39, 0.29) is 18.5 Å². The van der Waals surface area contributed by atoms with Crippen LogP contribution in [-0.4, -0.2) is 42.4 Å². The van der Waals surface area contributed by atoms with E-state index in [2.05, 4.69) is 5.32 Å². The molecule has 2 heterocycles. The summed E-state index contributed by atoms with van der Waals surface area (Å²) < 4.78 is 0.783. The fourth-order valence-corrected chi connectivity index (χ4v) is 3.74. The van der Waals surface area contributed by atoms with Crippen LogP contribution in [0.25, 0.3) is 0 Å². The highest BCUT2D eigenvalue weighted by Crippen LogP contribution is 2.32. The van der Waals surface area contributed by atoms with E-state index in [1.807, 2.05) is 0 Å². The Balaban J connectivity index is 2.23. The van der Waals surface area contributed by atoms with E-state index in [9.17, 15) is 9.59 Å². The molecule has 2 amide bonds. The number of nitrogens with zero attached hydrogens (tertiary/aromatic N) is 1. The summed E-state index contributed by atoms with van der Waals surface area (Å²) in [5.74, 6) is -0.821. The lowest BCUT2D eigenvalue weighted by atomic mass is 10.0. The lowest BCUT2D eigenvalue weighted by molar-refractivity contribution is -0.119. The van der Waals surface area contributed by atoms with Gasteiger partial charge in [-0.1, -0.05) is 23.2 Å². The zero-order chi connectivity index (χ0) is 14.7. The molecule has 1 saturated heterocycles. The number of carbonyl (C=O) groups excluding carboxylic acids is 2. The number of thiophene rings is 1. The second-order valence-electron chi connectivity index (χ2n) is 4.62. The van der Waals surface area contributed by atoms with E-state index in [1.54, 1.807) is 0 Å². The van der Waals surface area contributed by atoms with Crippen molar-refractivity contribution < 1.29 is 9.59 Å². The zero-order valence-electron chi connectivity index (χ0n) is 10.7. The number of hydrogen-bond donors (Lipinski definition) is 2. The number of nitrogens with two attached hydrogens (primary N) is 1. The molecule has 1 aliphatic heterocycles. The first-order valence-electron chi connectivity index (χ1n) is 6.24. The van der Waals surface area contributed by atoms with Crippen molar-refractivity contribution >= 4 is 46.4 Å². The molecule has 2 rings (SSSR count). The van der Waals surface area contributed by atoms with Gasteiger partial charge in [0.05, 0.1) is 16.4 Å². The minimum absolute atomic E-state index is 0.00834. The van der Waals surface area contributed by atoms with Crippen molar-refractivity contribution in [2.75, 3.05) is 19.6 Å². The SMILES string of the molecule is NC(=O)CN(C(=O)c1cc(Cl)sc1Cl)C1CCNCC1. The highest BCUT2D eigenvalue weighted by molar-refractivity contribution is 7.20. The first kappa shape index (κ1) is 15.6. The largest absolute Gasteiger partial charge is 0.368 e. The number of halogens is 2. The molecule has 110 valence electrons. The van der Waals surface area contributed by atoms with Gasteiger partial charge in [-0.2, -0.15) is 0 Å². The second-order valence-corrected chi connectivity index (χ2v) is 6.90. The van der Waals surface area contributed by atoms with Crippen LogP contribution < -0.4 is 11.1 Å². The first-order valence-corrected chi connectivity index (χ1v) is 7.81. The van der Waals surface area contributed by atoms with Gasteiger partial charge in [0.25, 0.3) is 5.91 Å². The van der Waals surface area contributed by atoms with Crippen LogP contribution in [0, 0.1) is 0 Å². The Hall–Kier alpha value is -0.820. The Bertz CT molecular complexity index is 515. The second kappa shape index (κ2) is 6.76. The standard InChI is InChI=1S/C12H15Cl2N3O2S/c13-9-5-8(11(14)20-9)12(19)17(6-10(15)18)7-1-3-16-4-2-7/h5,7,16H,1-4,6H2,(H2,15,18). The average Bonchev–Trinajstić information content (AvgIpc) is 2.75. The summed E-state index contributed by atoms with van der Waals surface area (Å²) in [4.78, 5) is 25.3. The average molecular weight is 336 g/mol. The Morgan fingerprint density at radius 2 is 2.05 bits per heavy atom. The molecule has 20 heavy (non-hydrogen) atoms. The third kappa shape index (κ3) is 3.63. The van der Waals surface area contributed by atoms with Crippen LogP contribution >= 0.6 is 34.5 Å². The maximum atomic E-state index is 12.6. The summed E-state index contributed by atoms with van der Waals surface area (Å²) in [6.07, 6.45) is 1.57. The third-order valence-electron chi connectivity index (χ3n) is 3.22. The van der Waals surface area contributed by atoms with E-state index in [1.165, 1.54) is 11.0 Å². The lowest BCUT2D eigenvalue weighted by Crippen LogP contribution is -2.49. The number of nitrogens with one attached hydrogen (secondary N) is 1. The monoisotopic (exact) mass is 335 g/mol. The Labute approximate surface area is 131 Å². The van der Waals surface area contributed by atoms with Crippen molar-refractivity contribution in [1.29, 1.82) is 0 Å². The molecule has 0 atom stereocenters. The quantitative estimate of drug-likeness (QED) is 0.879. The van der Waals surface area contributed by atoms with Crippen molar-refractivity contribution in [3.05, 3.63) is 20.3 Å². The van der Waals surface area contributed by atoms with Crippen molar-refractivity contribution in [1.82, 2.24) is 10.2 Å². The maximum Gasteiger partial charge on any atom is 0.257 e. The topological polar surface area (TPSA) is 75.4 Å². The van der Waals surface area contributed by atoms with Gasteiger partial charge in [-0.05, 0) is 32.0 Å². The number of primary amides is 1. The van der Waals surface area contributed by atoms with Crippen molar-refractivity contribution in [2.45, 2.75) is 18.9 Å². The van der Waals surface area contributed by atoms with Gasteiger partial charge < -0.3 is 16.0 Å². The molecule has 8 heteroatoms. The van der Waals surface area contributed by atoms with Gasteiger partial charge in [-0.25, -0.2) is 0 Å². The zero-order valence-corrected chi connectivity index (χ0v) is 13.0. The Morgan fingerprint density at radius 3 is 2.55 bits per heavy atom. The highest BCUT2D eigenvalue weighted by Gasteiger charge is 2.29. The molecule has 0 saturated carbocycles. The van der Waals surface area contributed by atoms with Crippen LogP contribution in [-0.2, 0) is 4.79 Å².